The number of nitrogens with zero attached hydrogens (tertiary/aromatic N) is 3. The molecule has 0 radical (unpaired) electrons. The average molecular weight is 329 g/mol. The summed E-state index contributed by atoms with van der Waals surface area (Å²) in [4.78, 5) is 11.3. The molecule has 1 unspecified atom stereocenters. The van der Waals surface area contributed by atoms with Crippen LogP contribution in [0.15, 0.2) is 59.9 Å². The Morgan fingerprint density at radius 1 is 1.04 bits per heavy atom. The molecular weight excluding hydrogens is 310 g/mol. The third-order valence-corrected chi connectivity index (χ3v) is 5.72. The van der Waals surface area contributed by atoms with E-state index in [-0.39, 0.29) is 5.41 Å². The number of aliphatic imine (C=N–C) groups is 1. The van der Waals surface area contributed by atoms with Crippen molar-refractivity contribution in [1.29, 1.82) is 0 Å². The van der Waals surface area contributed by atoms with Gasteiger partial charge in [-0.05, 0) is 43.7 Å². The third-order valence-electron chi connectivity index (χ3n) is 5.72. The zero-order valence-electron chi connectivity index (χ0n) is 14.5. The van der Waals surface area contributed by atoms with E-state index in [2.05, 4.69) is 55.0 Å². The van der Waals surface area contributed by atoms with E-state index in [0.717, 1.165) is 22.2 Å². The van der Waals surface area contributed by atoms with Crippen LogP contribution in [0, 0.1) is 0 Å². The quantitative estimate of drug-likeness (QED) is 0.611. The van der Waals surface area contributed by atoms with Crippen molar-refractivity contribution in [1.82, 2.24) is 4.98 Å². The number of hydrogen-bond donors (Lipinski definition) is 0. The van der Waals surface area contributed by atoms with E-state index >= 15 is 0 Å². The molecule has 1 aromatic heterocycles. The summed E-state index contributed by atoms with van der Waals surface area (Å²) in [5, 5.41) is 2.13. The van der Waals surface area contributed by atoms with Gasteiger partial charge in [0.25, 0.3) is 0 Å². The van der Waals surface area contributed by atoms with Gasteiger partial charge in [0, 0.05) is 35.9 Å². The molecule has 124 valence electrons. The number of ether oxygens (including phenoxy) is 1. The predicted octanol–water partition coefficient (Wildman–Crippen LogP) is 4.45. The summed E-state index contributed by atoms with van der Waals surface area (Å²) in [6.45, 7) is 4.44. The first-order chi connectivity index (χ1) is 12.0. The average Bonchev–Trinajstić information content (AvgIpc) is 2.81. The molecule has 0 saturated carbocycles. The van der Waals surface area contributed by atoms with Gasteiger partial charge in [0.15, 0.2) is 0 Å². The molecule has 0 fully saturated rings. The van der Waals surface area contributed by atoms with Gasteiger partial charge in [-0.1, -0.05) is 18.2 Å². The maximum atomic E-state index is 6.65. The molecule has 4 nitrogen and oxygen atoms in total. The zero-order chi connectivity index (χ0) is 17.2. The maximum Gasteiger partial charge on any atom is 0.228 e. The van der Waals surface area contributed by atoms with Crippen molar-refractivity contribution in [3.8, 4) is 5.75 Å². The standard InChI is InChI=1S/C21H19N3O/c1-20(2)16-6-4-5-7-17(16)24(3)21(20)13-23-19-15-10-11-22-12-14(15)8-9-18(19)25-21/h4-13H,1-3H3. The highest BCUT2D eigenvalue weighted by atomic mass is 16.5. The van der Waals surface area contributed by atoms with Crippen LogP contribution in [-0.4, -0.2) is 24.0 Å². The highest BCUT2D eigenvalue weighted by Gasteiger charge is 2.58. The second kappa shape index (κ2) is 4.60. The zero-order valence-corrected chi connectivity index (χ0v) is 14.5. The van der Waals surface area contributed by atoms with Crippen LogP contribution in [0.25, 0.3) is 10.8 Å². The topological polar surface area (TPSA) is 37.7 Å². The van der Waals surface area contributed by atoms with Crippen LogP contribution in [0.2, 0.25) is 0 Å². The second-order valence-electron chi connectivity index (χ2n) is 7.27. The highest BCUT2D eigenvalue weighted by molar-refractivity contribution is 5.99. The SMILES string of the molecule is CN1c2ccccc2C(C)(C)C12C=Nc1c(ccc3cnccc13)O2. The van der Waals surface area contributed by atoms with Gasteiger partial charge < -0.3 is 9.64 Å². The Labute approximate surface area is 146 Å². The molecule has 5 rings (SSSR count). The van der Waals surface area contributed by atoms with Crippen molar-refractivity contribution in [3.05, 3.63) is 60.4 Å². The molecule has 0 saturated heterocycles. The van der Waals surface area contributed by atoms with Gasteiger partial charge in [0.05, 0.1) is 11.6 Å². The first-order valence-electron chi connectivity index (χ1n) is 8.49. The normalized spacial score (nSPS) is 22.8. The molecule has 0 aliphatic carbocycles. The Morgan fingerprint density at radius 3 is 2.72 bits per heavy atom. The van der Waals surface area contributed by atoms with E-state index in [9.17, 15) is 0 Å². The van der Waals surface area contributed by atoms with Gasteiger partial charge in [-0.3, -0.25) is 9.98 Å². The summed E-state index contributed by atoms with van der Waals surface area (Å²) in [6.07, 6.45) is 5.62. The Morgan fingerprint density at radius 2 is 1.88 bits per heavy atom. The van der Waals surface area contributed by atoms with Crippen LogP contribution in [-0.2, 0) is 5.41 Å². The Kier molecular flexibility index (Phi) is 2.66. The first-order valence-corrected chi connectivity index (χ1v) is 8.49. The molecule has 1 spiro atoms. The molecular formula is C21H19N3O. The molecule has 3 aromatic rings. The van der Waals surface area contributed by atoms with Crippen molar-refractivity contribution < 1.29 is 4.74 Å². The molecule has 4 heteroatoms. The number of para-hydroxylation sites is 1. The fourth-order valence-corrected chi connectivity index (χ4v) is 4.22. The summed E-state index contributed by atoms with van der Waals surface area (Å²) >= 11 is 0. The summed E-state index contributed by atoms with van der Waals surface area (Å²) < 4.78 is 6.65. The number of hydrogen-bond acceptors (Lipinski definition) is 4. The number of likely N-dealkylation sites (N-methyl/N-ethyl adjacent to an activating group) is 1. The number of aromatic nitrogens is 1. The lowest BCUT2D eigenvalue weighted by atomic mass is 9.77. The van der Waals surface area contributed by atoms with E-state index in [1.54, 1.807) is 6.20 Å². The van der Waals surface area contributed by atoms with Crippen molar-refractivity contribution in [2.75, 3.05) is 11.9 Å². The minimum absolute atomic E-state index is 0.229. The molecule has 2 aliphatic heterocycles. The lowest BCUT2D eigenvalue weighted by Gasteiger charge is -2.44. The molecule has 0 bridgehead atoms. The minimum Gasteiger partial charge on any atom is -0.459 e. The Hall–Kier alpha value is -2.88. The molecule has 2 aromatic carbocycles. The van der Waals surface area contributed by atoms with Gasteiger partial charge in [-0.25, -0.2) is 0 Å². The summed E-state index contributed by atoms with van der Waals surface area (Å²) in [6, 6.07) is 14.5. The maximum absolute atomic E-state index is 6.65. The Bertz CT molecular complexity index is 1040. The van der Waals surface area contributed by atoms with Gasteiger partial charge in [0.1, 0.15) is 11.4 Å². The number of benzene rings is 2. The van der Waals surface area contributed by atoms with Crippen molar-refractivity contribution in [2.24, 2.45) is 4.99 Å². The largest absolute Gasteiger partial charge is 0.459 e. The molecule has 3 heterocycles. The second-order valence-corrected chi connectivity index (χ2v) is 7.27. The van der Waals surface area contributed by atoms with Crippen molar-refractivity contribution in [3.63, 3.8) is 0 Å². The first kappa shape index (κ1) is 14.5. The number of pyridine rings is 1. The van der Waals surface area contributed by atoms with E-state index < -0.39 is 5.72 Å². The van der Waals surface area contributed by atoms with Crippen molar-refractivity contribution in [2.45, 2.75) is 25.0 Å². The van der Waals surface area contributed by atoms with Crippen LogP contribution in [0.5, 0.6) is 5.75 Å². The molecule has 0 amide bonds. The van der Waals surface area contributed by atoms with E-state index in [1.165, 1.54) is 11.3 Å². The number of anilines is 1. The van der Waals surface area contributed by atoms with E-state index in [4.69, 9.17) is 9.73 Å². The predicted molar refractivity (Wildman–Crippen MR) is 101 cm³/mol. The summed E-state index contributed by atoms with van der Waals surface area (Å²) in [7, 11) is 2.08. The monoisotopic (exact) mass is 329 g/mol. The van der Waals surface area contributed by atoms with Gasteiger partial charge in [0.2, 0.25) is 5.72 Å². The fourth-order valence-electron chi connectivity index (χ4n) is 4.22. The van der Waals surface area contributed by atoms with Crippen LogP contribution in [0.1, 0.15) is 19.4 Å². The van der Waals surface area contributed by atoms with Crippen LogP contribution < -0.4 is 9.64 Å². The molecule has 0 N–H and O–H groups in total. The van der Waals surface area contributed by atoms with Crippen LogP contribution in [0.3, 0.4) is 0 Å². The van der Waals surface area contributed by atoms with E-state index in [0.29, 0.717) is 0 Å². The summed E-state index contributed by atoms with van der Waals surface area (Å²) in [5.41, 5.74) is 2.48. The summed E-state index contributed by atoms with van der Waals surface area (Å²) in [5.74, 6) is 0.814. The Balaban J connectivity index is 1.72. The molecule has 2 aliphatic rings. The molecule has 1 atom stereocenters. The molecule has 25 heavy (non-hydrogen) atoms. The minimum atomic E-state index is -0.635. The lowest BCUT2D eigenvalue weighted by molar-refractivity contribution is 0.0826. The van der Waals surface area contributed by atoms with Crippen LogP contribution >= 0.6 is 0 Å². The van der Waals surface area contributed by atoms with Crippen molar-refractivity contribution >= 4 is 28.4 Å². The smallest absolute Gasteiger partial charge is 0.228 e. The van der Waals surface area contributed by atoms with Crippen LogP contribution in [0.4, 0.5) is 11.4 Å². The fraction of sp³-hybridized carbons (Fsp3) is 0.238. The van der Waals surface area contributed by atoms with Gasteiger partial charge >= 0.3 is 0 Å². The van der Waals surface area contributed by atoms with E-state index in [1.807, 2.05) is 30.6 Å². The highest BCUT2D eigenvalue weighted by Crippen LogP contribution is 2.53. The van der Waals surface area contributed by atoms with Gasteiger partial charge in [-0.15, -0.1) is 0 Å². The number of rotatable bonds is 0. The third kappa shape index (κ3) is 1.66. The van der Waals surface area contributed by atoms with Gasteiger partial charge in [-0.2, -0.15) is 0 Å². The lowest BCUT2D eigenvalue weighted by Crippen LogP contribution is -2.61. The number of fused-ring (bicyclic) bond motifs is 4.